The van der Waals surface area contributed by atoms with Crippen LogP contribution in [0, 0.1) is 20.8 Å². The van der Waals surface area contributed by atoms with Crippen molar-refractivity contribution in [2.24, 2.45) is 0 Å². The second kappa shape index (κ2) is 11.5. The summed E-state index contributed by atoms with van der Waals surface area (Å²) in [6.45, 7) is 4.94. The third kappa shape index (κ3) is 6.60. The van der Waals surface area contributed by atoms with Crippen molar-refractivity contribution in [2.75, 3.05) is 30.5 Å². The lowest BCUT2D eigenvalue weighted by Crippen LogP contribution is -2.18. The second-order valence-electron chi connectivity index (χ2n) is 7.61. The molecule has 10 nitrogen and oxygen atoms in total. The number of nitrogens with zero attached hydrogens (tertiary/aromatic N) is 2. The number of carbonyl (C=O) groups is 4. The zero-order valence-electron chi connectivity index (χ0n) is 19.7. The lowest BCUT2D eigenvalue weighted by molar-refractivity contribution is -0.139. The summed E-state index contributed by atoms with van der Waals surface area (Å²) < 4.78 is 16.5. The summed E-state index contributed by atoms with van der Waals surface area (Å²) in [7, 11) is 1.32. The van der Waals surface area contributed by atoms with Crippen LogP contribution in [0.4, 0.5) is 5.82 Å². The summed E-state index contributed by atoms with van der Waals surface area (Å²) in [5.74, 6) is -0.890. The van der Waals surface area contributed by atoms with Crippen LogP contribution in [0.15, 0.2) is 40.9 Å². The van der Waals surface area contributed by atoms with Crippen molar-refractivity contribution in [3.63, 3.8) is 0 Å². The van der Waals surface area contributed by atoms with E-state index in [9.17, 15) is 19.2 Å². The van der Waals surface area contributed by atoms with E-state index in [-0.39, 0.29) is 23.2 Å². The standard InChI is InChI=1S/C24H25N3O7S/c1-14-9-19(16(3)27(14)18-7-5-17(6-8-18)24(31)32-4)20(28)11-33-23(30)13-35-12-22(29)25-21-10-15(2)34-26-21/h5-10H,11-13H2,1-4H3,(H,25,26,29). The van der Waals surface area contributed by atoms with Crippen molar-refractivity contribution in [3.05, 3.63) is 64.7 Å². The smallest absolute Gasteiger partial charge is 0.337 e. The summed E-state index contributed by atoms with van der Waals surface area (Å²) in [6.07, 6.45) is 0. The van der Waals surface area contributed by atoms with E-state index in [1.54, 1.807) is 50.2 Å². The number of carbonyl (C=O) groups excluding carboxylic acids is 4. The molecular weight excluding hydrogens is 474 g/mol. The van der Waals surface area contributed by atoms with Gasteiger partial charge in [0.15, 0.2) is 12.4 Å². The first kappa shape index (κ1) is 25.8. The number of ether oxygens (including phenoxy) is 2. The molecule has 184 valence electrons. The second-order valence-corrected chi connectivity index (χ2v) is 8.59. The van der Waals surface area contributed by atoms with Crippen molar-refractivity contribution in [3.8, 4) is 5.69 Å². The van der Waals surface area contributed by atoms with E-state index < -0.39 is 18.5 Å². The molecule has 0 spiro atoms. The minimum Gasteiger partial charge on any atom is -0.465 e. The highest BCUT2D eigenvalue weighted by atomic mass is 32.2. The Hall–Kier alpha value is -3.86. The normalized spacial score (nSPS) is 10.6. The first-order chi connectivity index (χ1) is 16.7. The fourth-order valence-corrected chi connectivity index (χ4v) is 4.01. The molecule has 1 N–H and O–H groups in total. The van der Waals surface area contributed by atoms with Crippen LogP contribution < -0.4 is 5.32 Å². The number of nitrogens with one attached hydrogen (secondary N) is 1. The zero-order valence-corrected chi connectivity index (χ0v) is 20.6. The molecule has 0 aliphatic carbocycles. The molecule has 0 fully saturated rings. The Bertz CT molecular complexity index is 1240. The number of aromatic nitrogens is 2. The summed E-state index contributed by atoms with van der Waals surface area (Å²) >= 11 is 1.06. The number of anilines is 1. The topological polar surface area (TPSA) is 130 Å². The molecule has 3 aromatic rings. The number of rotatable bonds is 10. The Labute approximate surface area is 205 Å². The maximum Gasteiger partial charge on any atom is 0.337 e. The SMILES string of the molecule is COC(=O)c1ccc(-n2c(C)cc(C(=O)COC(=O)CSCC(=O)Nc3cc(C)on3)c2C)cc1. The van der Waals surface area contributed by atoms with Crippen molar-refractivity contribution < 1.29 is 33.2 Å². The molecule has 1 aromatic carbocycles. The molecule has 0 saturated carbocycles. The van der Waals surface area contributed by atoms with Gasteiger partial charge in [-0.3, -0.25) is 14.4 Å². The summed E-state index contributed by atoms with van der Waals surface area (Å²) in [5.41, 5.74) is 3.13. The number of thioether (sulfide) groups is 1. The first-order valence-electron chi connectivity index (χ1n) is 10.6. The minimum absolute atomic E-state index is 0.0187. The van der Waals surface area contributed by atoms with Crippen molar-refractivity contribution in [2.45, 2.75) is 20.8 Å². The van der Waals surface area contributed by atoms with Gasteiger partial charge in [-0.1, -0.05) is 5.16 Å². The number of esters is 2. The quantitative estimate of drug-likeness (QED) is 0.330. The number of Topliss-reactive ketones (excluding diaryl/α,β-unsaturated/α-hetero) is 1. The van der Waals surface area contributed by atoms with Gasteiger partial charge in [0, 0.05) is 28.7 Å². The molecule has 11 heteroatoms. The van der Waals surface area contributed by atoms with Gasteiger partial charge in [-0.05, 0) is 51.1 Å². The van der Waals surface area contributed by atoms with Gasteiger partial charge < -0.3 is 23.9 Å². The Balaban J connectivity index is 1.51. The fraction of sp³-hybridized carbons (Fsp3) is 0.292. The average molecular weight is 500 g/mol. The lowest BCUT2D eigenvalue weighted by atomic mass is 10.1. The highest BCUT2D eigenvalue weighted by molar-refractivity contribution is 8.00. The summed E-state index contributed by atoms with van der Waals surface area (Å²) in [6, 6.07) is 10.1. The molecule has 0 unspecified atom stereocenters. The van der Waals surface area contributed by atoms with Crippen molar-refractivity contribution in [1.29, 1.82) is 0 Å². The molecule has 0 radical (unpaired) electrons. The predicted molar refractivity (Wildman–Crippen MR) is 129 cm³/mol. The third-order valence-corrected chi connectivity index (χ3v) is 5.90. The molecular formula is C24H25N3O7S. The van der Waals surface area contributed by atoms with Gasteiger partial charge in [-0.25, -0.2) is 4.79 Å². The number of aryl methyl sites for hydroxylation is 2. The Kier molecular flexibility index (Phi) is 8.48. The molecule has 35 heavy (non-hydrogen) atoms. The van der Waals surface area contributed by atoms with Crippen LogP contribution >= 0.6 is 11.8 Å². The van der Waals surface area contributed by atoms with E-state index in [1.807, 2.05) is 11.5 Å². The molecule has 1 amide bonds. The van der Waals surface area contributed by atoms with E-state index in [4.69, 9.17) is 14.0 Å². The summed E-state index contributed by atoms with van der Waals surface area (Å²) in [4.78, 5) is 48.2. The van der Waals surface area contributed by atoms with E-state index in [1.165, 1.54) is 7.11 Å². The van der Waals surface area contributed by atoms with Gasteiger partial charge in [-0.2, -0.15) is 0 Å². The molecule has 2 heterocycles. The Morgan fingerprint density at radius 1 is 1.06 bits per heavy atom. The number of hydrogen-bond donors (Lipinski definition) is 1. The molecule has 2 aromatic heterocycles. The number of benzene rings is 1. The van der Waals surface area contributed by atoms with Crippen LogP contribution in [-0.2, 0) is 19.1 Å². The van der Waals surface area contributed by atoms with Gasteiger partial charge >= 0.3 is 11.9 Å². The number of hydrogen-bond acceptors (Lipinski definition) is 9. The van der Waals surface area contributed by atoms with Crippen LogP contribution in [-0.4, -0.2) is 58.6 Å². The largest absolute Gasteiger partial charge is 0.465 e. The van der Waals surface area contributed by atoms with E-state index in [0.29, 0.717) is 28.4 Å². The van der Waals surface area contributed by atoms with Gasteiger partial charge in [0.25, 0.3) is 0 Å². The molecule has 0 aliphatic heterocycles. The molecule has 0 saturated heterocycles. The number of amides is 1. The third-order valence-electron chi connectivity index (χ3n) is 4.99. The van der Waals surface area contributed by atoms with Crippen LogP contribution in [0.3, 0.4) is 0 Å². The van der Waals surface area contributed by atoms with E-state index in [0.717, 1.165) is 23.1 Å². The maximum atomic E-state index is 12.7. The molecule has 3 rings (SSSR count). The number of methoxy groups -OCH3 is 1. The highest BCUT2D eigenvalue weighted by Crippen LogP contribution is 2.22. The van der Waals surface area contributed by atoms with Gasteiger partial charge in [0.05, 0.1) is 24.2 Å². The number of ketones is 1. The van der Waals surface area contributed by atoms with Crippen LogP contribution in [0.1, 0.15) is 37.9 Å². The maximum absolute atomic E-state index is 12.7. The first-order valence-corrected chi connectivity index (χ1v) is 11.7. The average Bonchev–Trinajstić information content (AvgIpc) is 3.38. The summed E-state index contributed by atoms with van der Waals surface area (Å²) in [5, 5.41) is 6.21. The van der Waals surface area contributed by atoms with Gasteiger partial charge in [-0.15, -0.1) is 11.8 Å². The van der Waals surface area contributed by atoms with Crippen molar-refractivity contribution >= 4 is 41.2 Å². The highest BCUT2D eigenvalue weighted by Gasteiger charge is 2.19. The van der Waals surface area contributed by atoms with E-state index in [2.05, 4.69) is 10.5 Å². The molecule has 0 bridgehead atoms. The van der Waals surface area contributed by atoms with Gasteiger partial charge in [0.2, 0.25) is 11.7 Å². The van der Waals surface area contributed by atoms with E-state index >= 15 is 0 Å². The molecule has 0 atom stereocenters. The fourth-order valence-electron chi connectivity index (χ4n) is 3.40. The van der Waals surface area contributed by atoms with Crippen LogP contribution in [0.25, 0.3) is 5.69 Å². The Morgan fingerprint density at radius 2 is 1.77 bits per heavy atom. The zero-order chi connectivity index (χ0) is 25.5. The van der Waals surface area contributed by atoms with Crippen LogP contribution in [0.5, 0.6) is 0 Å². The lowest BCUT2D eigenvalue weighted by Gasteiger charge is -2.10. The minimum atomic E-state index is -0.597. The molecule has 0 aliphatic rings. The van der Waals surface area contributed by atoms with Crippen molar-refractivity contribution in [1.82, 2.24) is 9.72 Å². The Morgan fingerprint density at radius 3 is 2.40 bits per heavy atom. The van der Waals surface area contributed by atoms with Gasteiger partial charge in [0.1, 0.15) is 5.76 Å². The predicted octanol–water partition coefficient (Wildman–Crippen LogP) is 3.27. The monoisotopic (exact) mass is 499 g/mol. The van der Waals surface area contributed by atoms with Crippen LogP contribution in [0.2, 0.25) is 0 Å².